The largest absolute Gasteiger partial charge is 0.375 e. The van der Waals surface area contributed by atoms with Gasteiger partial charge in [-0.25, -0.2) is 0 Å². The lowest BCUT2D eigenvalue weighted by atomic mass is 9.89. The molecule has 1 spiro atoms. The Kier molecular flexibility index (Phi) is 2.29. The van der Waals surface area contributed by atoms with Crippen molar-refractivity contribution in [3.63, 3.8) is 0 Å². The fourth-order valence-electron chi connectivity index (χ4n) is 3.12. The minimum Gasteiger partial charge on any atom is -0.375 e. The Morgan fingerprint density at radius 1 is 1.00 bits per heavy atom. The second kappa shape index (κ2) is 3.49. The van der Waals surface area contributed by atoms with E-state index in [1.165, 1.54) is 51.4 Å². The van der Waals surface area contributed by atoms with Crippen LogP contribution >= 0.6 is 0 Å². The summed E-state index contributed by atoms with van der Waals surface area (Å²) in [5.41, 5.74) is 0.296. The molecule has 0 amide bonds. The van der Waals surface area contributed by atoms with Gasteiger partial charge in [0.2, 0.25) is 0 Å². The molecular weight excluding hydrogens is 174 g/mol. The molecule has 1 N–H and O–H groups in total. The van der Waals surface area contributed by atoms with Gasteiger partial charge in [0.05, 0.1) is 5.60 Å². The Morgan fingerprint density at radius 2 is 1.79 bits per heavy atom. The maximum Gasteiger partial charge on any atom is 0.0697 e. The summed E-state index contributed by atoms with van der Waals surface area (Å²) in [6.45, 7) is 0.990. The third-order valence-corrected chi connectivity index (χ3v) is 4.06. The fraction of sp³-hybridized carbons (Fsp3) is 1.00. The maximum atomic E-state index is 6.02. The van der Waals surface area contributed by atoms with Crippen LogP contribution in [0.3, 0.4) is 0 Å². The van der Waals surface area contributed by atoms with Crippen molar-refractivity contribution in [3.05, 3.63) is 0 Å². The smallest absolute Gasteiger partial charge is 0.0697 e. The Morgan fingerprint density at radius 3 is 2.50 bits per heavy atom. The van der Waals surface area contributed by atoms with E-state index in [0.29, 0.717) is 5.60 Å². The van der Waals surface area contributed by atoms with Crippen LogP contribution in [-0.4, -0.2) is 24.3 Å². The highest BCUT2D eigenvalue weighted by atomic mass is 16.5. The van der Waals surface area contributed by atoms with Gasteiger partial charge in [-0.1, -0.05) is 12.8 Å². The molecule has 0 radical (unpaired) electrons. The molecular formula is C12H21NO. The Bertz CT molecular complexity index is 206. The monoisotopic (exact) mass is 195 g/mol. The molecule has 1 saturated heterocycles. The SMILES string of the molecule is C1CCC2(C1)CC(NC1CC1)CCO2. The molecule has 2 heteroatoms. The third-order valence-electron chi connectivity index (χ3n) is 4.06. The number of rotatable bonds is 2. The molecule has 2 aliphatic carbocycles. The molecule has 80 valence electrons. The van der Waals surface area contributed by atoms with E-state index in [1.54, 1.807) is 0 Å². The summed E-state index contributed by atoms with van der Waals surface area (Å²) in [4.78, 5) is 0. The van der Waals surface area contributed by atoms with Gasteiger partial charge in [-0.2, -0.15) is 0 Å². The van der Waals surface area contributed by atoms with Gasteiger partial charge < -0.3 is 10.1 Å². The summed E-state index contributed by atoms with van der Waals surface area (Å²) in [7, 11) is 0. The van der Waals surface area contributed by atoms with Crippen LogP contribution in [0.15, 0.2) is 0 Å². The number of hydrogen-bond donors (Lipinski definition) is 1. The van der Waals surface area contributed by atoms with Crippen molar-refractivity contribution < 1.29 is 4.74 Å². The minimum absolute atomic E-state index is 0.296. The van der Waals surface area contributed by atoms with Gasteiger partial charge in [0.15, 0.2) is 0 Å². The van der Waals surface area contributed by atoms with Crippen molar-refractivity contribution in [2.45, 2.75) is 69.1 Å². The first-order valence-electron chi connectivity index (χ1n) is 6.26. The van der Waals surface area contributed by atoms with Gasteiger partial charge in [-0.05, 0) is 38.5 Å². The van der Waals surface area contributed by atoms with E-state index in [9.17, 15) is 0 Å². The number of nitrogens with one attached hydrogen (secondary N) is 1. The van der Waals surface area contributed by atoms with Crippen LogP contribution in [0.5, 0.6) is 0 Å². The molecule has 2 nitrogen and oxygen atoms in total. The molecule has 0 bridgehead atoms. The van der Waals surface area contributed by atoms with Crippen LogP contribution in [0.2, 0.25) is 0 Å². The zero-order valence-corrected chi connectivity index (χ0v) is 8.93. The Hall–Kier alpha value is -0.0800. The highest BCUT2D eigenvalue weighted by Crippen LogP contribution is 2.40. The molecule has 1 aliphatic heterocycles. The lowest BCUT2D eigenvalue weighted by Crippen LogP contribution is -2.46. The van der Waals surface area contributed by atoms with Crippen LogP contribution in [0.4, 0.5) is 0 Å². The molecule has 2 saturated carbocycles. The quantitative estimate of drug-likeness (QED) is 0.729. The van der Waals surface area contributed by atoms with Gasteiger partial charge in [0, 0.05) is 18.7 Å². The molecule has 1 unspecified atom stereocenters. The zero-order chi connectivity index (χ0) is 9.43. The topological polar surface area (TPSA) is 21.3 Å². The molecule has 1 atom stereocenters. The summed E-state index contributed by atoms with van der Waals surface area (Å²) in [5.74, 6) is 0. The predicted molar refractivity (Wildman–Crippen MR) is 56.3 cm³/mol. The standard InChI is InChI=1S/C12H21NO/c1-2-7-12(6-1)9-11(5-8-14-12)13-10-3-4-10/h10-11,13H,1-9H2. The van der Waals surface area contributed by atoms with Gasteiger partial charge in [0.25, 0.3) is 0 Å². The van der Waals surface area contributed by atoms with Crippen molar-refractivity contribution in [3.8, 4) is 0 Å². The second-order valence-electron chi connectivity index (χ2n) is 5.37. The van der Waals surface area contributed by atoms with E-state index >= 15 is 0 Å². The highest BCUT2D eigenvalue weighted by molar-refractivity contribution is 4.95. The van der Waals surface area contributed by atoms with Crippen molar-refractivity contribution in [2.24, 2.45) is 0 Å². The average molecular weight is 195 g/mol. The third kappa shape index (κ3) is 1.82. The summed E-state index contributed by atoms with van der Waals surface area (Å²) in [5, 5.41) is 3.76. The summed E-state index contributed by atoms with van der Waals surface area (Å²) in [6.07, 6.45) is 10.7. The average Bonchev–Trinajstić information content (AvgIpc) is 2.88. The fourth-order valence-corrected chi connectivity index (χ4v) is 3.12. The van der Waals surface area contributed by atoms with Gasteiger partial charge in [0.1, 0.15) is 0 Å². The van der Waals surface area contributed by atoms with Crippen LogP contribution in [0.25, 0.3) is 0 Å². The number of hydrogen-bond acceptors (Lipinski definition) is 2. The summed E-state index contributed by atoms with van der Waals surface area (Å²) >= 11 is 0. The van der Waals surface area contributed by atoms with Crippen LogP contribution in [0.1, 0.15) is 51.4 Å². The molecule has 1 heterocycles. The van der Waals surface area contributed by atoms with E-state index in [-0.39, 0.29) is 0 Å². The zero-order valence-electron chi connectivity index (χ0n) is 8.93. The van der Waals surface area contributed by atoms with E-state index in [4.69, 9.17) is 4.74 Å². The lowest BCUT2D eigenvalue weighted by Gasteiger charge is -2.38. The molecule has 14 heavy (non-hydrogen) atoms. The second-order valence-corrected chi connectivity index (χ2v) is 5.37. The summed E-state index contributed by atoms with van der Waals surface area (Å²) < 4.78 is 6.02. The highest BCUT2D eigenvalue weighted by Gasteiger charge is 2.40. The summed E-state index contributed by atoms with van der Waals surface area (Å²) in [6, 6.07) is 1.62. The van der Waals surface area contributed by atoms with Crippen molar-refractivity contribution >= 4 is 0 Å². The normalized spacial score (nSPS) is 36.4. The molecule has 0 aromatic rings. The van der Waals surface area contributed by atoms with Gasteiger partial charge in [-0.15, -0.1) is 0 Å². The molecule has 3 fully saturated rings. The number of ether oxygens (including phenoxy) is 1. The van der Waals surface area contributed by atoms with Crippen molar-refractivity contribution in [2.75, 3.05) is 6.61 Å². The van der Waals surface area contributed by atoms with Crippen LogP contribution in [0, 0.1) is 0 Å². The van der Waals surface area contributed by atoms with E-state index in [0.717, 1.165) is 18.7 Å². The lowest BCUT2D eigenvalue weighted by molar-refractivity contribution is -0.0837. The Labute approximate surface area is 86.4 Å². The Balaban J connectivity index is 1.59. The first-order valence-corrected chi connectivity index (χ1v) is 6.26. The van der Waals surface area contributed by atoms with Gasteiger partial charge >= 0.3 is 0 Å². The first kappa shape index (κ1) is 9.17. The predicted octanol–water partition coefficient (Wildman–Crippen LogP) is 2.23. The van der Waals surface area contributed by atoms with E-state index < -0.39 is 0 Å². The molecule has 3 aliphatic rings. The van der Waals surface area contributed by atoms with Crippen molar-refractivity contribution in [1.29, 1.82) is 0 Å². The maximum absolute atomic E-state index is 6.02. The van der Waals surface area contributed by atoms with Crippen LogP contribution in [-0.2, 0) is 4.74 Å². The molecule has 0 aromatic carbocycles. The molecule has 0 aromatic heterocycles. The van der Waals surface area contributed by atoms with Gasteiger partial charge in [-0.3, -0.25) is 0 Å². The van der Waals surface area contributed by atoms with E-state index in [2.05, 4.69) is 5.32 Å². The van der Waals surface area contributed by atoms with Crippen LogP contribution < -0.4 is 5.32 Å². The first-order chi connectivity index (χ1) is 6.86. The van der Waals surface area contributed by atoms with E-state index in [1.807, 2.05) is 0 Å². The van der Waals surface area contributed by atoms with Crippen molar-refractivity contribution in [1.82, 2.24) is 5.32 Å². The minimum atomic E-state index is 0.296. The molecule has 3 rings (SSSR count).